The fourth-order valence-corrected chi connectivity index (χ4v) is 6.61. The average molecular weight is 550 g/mol. The number of nitrogens with one attached hydrogen (secondary N) is 1. The standard InChI is InChI=1S/C35H39N3O3/c1-25-15-17-26(18-16-25)23-38-33(39)32-21-27-19-20-30(41-2)22-31(27)37(32)24-35(38,28-11-7-6-8-12-28)34(40)36-29-13-9-4-3-5-10-14-29/h6-8,11-12,15-22,29H,3-5,9-10,13-14,23-24H2,1-2H3,(H,36,40). The van der Waals surface area contributed by atoms with Gasteiger partial charge < -0.3 is 19.5 Å². The highest BCUT2D eigenvalue weighted by molar-refractivity contribution is 6.04. The molecule has 2 aliphatic rings. The van der Waals surface area contributed by atoms with Crippen molar-refractivity contribution in [1.29, 1.82) is 0 Å². The zero-order valence-electron chi connectivity index (χ0n) is 24.1. The van der Waals surface area contributed by atoms with Crippen LogP contribution in [0.2, 0.25) is 0 Å². The Morgan fingerprint density at radius 3 is 2.34 bits per heavy atom. The Bertz CT molecular complexity index is 1530. The monoisotopic (exact) mass is 549 g/mol. The molecule has 3 aromatic carbocycles. The van der Waals surface area contributed by atoms with E-state index in [2.05, 4.69) is 36.5 Å². The van der Waals surface area contributed by atoms with Gasteiger partial charge in [-0.15, -0.1) is 0 Å². The number of nitrogens with zero attached hydrogens (tertiary/aromatic N) is 2. The molecule has 1 aromatic heterocycles. The van der Waals surface area contributed by atoms with Crippen LogP contribution in [0.4, 0.5) is 0 Å². The van der Waals surface area contributed by atoms with Crippen molar-refractivity contribution in [2.75, 3.05) is 7.11 Å². The van der Waals surface area contributed by atoms with E-state index in [9.17, 15) is 9.59 Å². The first-order chi connectivity index (χ1) is 20.0. The number of hydrogen-bond acceptors (Lipinski definition) is 3. The van der Waals surface area contributed by atoms with Crippen LogP contribution in [0.1, 0.15) is 72.1 Å². The minimum absolute atomic E-state index is 0.0996. The number of methoxy groups -OCH3 is 1. The molecule has 6 rings (SSSR count). The smallest absolute Gasteiger partial charge is 0.272 e. The molecule has 41 heavy (non-hydrogen) atoms. The van der Waals surface area contributed by atoms with Crippen LogP contribution in [-0.4, -0.2) is 34.4 Å². The maximum atomic E-state index is 14.8. The van der Waals surface area contributed by atoms with Crippen molar-refractivity contribution in [3.63, 3.8) is 0 Å². The van der Waals surface area contributed by atoms with E-state index in [1.165, 1.54) is 19.3 Å². The van der Waals surface area contributed by atoms with Crippen LogP contribution in [0, 0.1) is 6.92 Å². The quantitative estimate of drug-likeness (QED) is 0.290. The third-order valence-electron chi connectivity index (χ3n) is 8.95. The van der Waals surface area contributed by atoms with Gasteiger partial charge in [-0.25, -0.2) is 0 Å². The average Bonchev–Trinajstić information content (AvgIpc) is 3.35. The SMILES string of the molecule is COc1ccc2cc3n(c2c1)CC(C(=O)NC1CCCCCCC1)(c1ccccc1)N(Cc1ccc(C)cc1)C3=O. The third-order valence-corrected chi connectivity index (χ3v) is 8.95. The van der Waals surface area contributed by atoms with Gasteiger partial charge >= 0.3 is 0 Å². The summed E-state index contributed by atoms with van der Waals surface area (Å²) >= 11 is 0. The number of carbonyl (C=O) groups excluding carboxylic acids is 2. The van der Waals surface area contributed by atoms with Crippen molar-refractivity contribution < 1.29 is 14.3 Å². The predicted octanol–water partition coefficient (Wildman–Crippen LogP) is 6.74. The molecule has 1 aliphatic heterocycles. The lowest BCUT2D eigenvalue weighted by molar-refractivity contribution is -0.136. The first kappa shape index (κ1) is 27.1. The van der Waals surface area contributed by atoms with E-state index >= 15 is 0 Å². The molecule has 1 saturated carbocycles. The van der Waals surface area contributed by atoms with E-state index in [1.54, 1.807) is 7.11 Å². The Labute approximate surface area is 242 Å². The van der Waals surface area contributed by atoms with E-state index < -0.39 is 5.54 Å². The summed E-state index contributed by atoms with van der Waals surface area (Å²) in [6.45, 7) is 2.70. The molecule has 2 heterocycles. The van der Waals surface area contributed by atoms with E-state index in [-0.39, 0.29) is 17.9 Å². The Balaban J connectivity index is 1.52. The lowest BCUT2D eigenvalue weighted by Crippen LogP contribution is -2.64. The molecular formula is C35H39N3O3. The highest BCUT2D eigenvalue weighted by Crippen LogP contribution is 2.41. The molecule has 1 fully saturated rings. The number of ether oxygens (including phenoxy) is 1. The molecule has 4 aromatic rings. The van der Waals surface area contributed by atoms with Crippen LogP contribution in [0.15, 0.2) is 78.9 Å². The molecule has 0 bridgehead atoms. The van der Waals surface area contributed by atoms with Gasteiger partial charge in [-0.05, 0) is 49.1 Å². The topological polar surface area (TPSA) is 63.6 Å². The Morgan fingerprint density at radius 2 is 1.63 bits per heavy atom. The molecule has 0 radical (unpaired) electrons. The molecule has 1 unspecified atom stereocenters. The number of carbonyl (C=O) groups is 2. The molecule has 212 valence electrons. The maximum absolute atomic E-state index is 14.8. The van der Waals surface area contributed by atoms with Crippen LogP contribution in [0.5, 0.6) is 5.75 Å². The van der Waals surface area contributed by atoms with Crippen molar-refractivity contribution >= 4 is 22.7 Å². The normalized spacial score (nSPS) is 19.9. The van der Waals surface area contributed by atoms with Gasteiger partial charge in [0.25, 0.3) is 11.8 Å². The van der Waals surface area contributed by atoms with Crippen LogP contribution in [-0.2, 0) is 23.4 Å². The van der Waals surface area contributed by atoms with Crippen LogP contribution >= 0.6 is 0 Å². The third kappa shape index (κ3) is 5.12. The van der Waals surface area contributed by atoms with Gasteiger partial charge in [-0.3, -0.25) is 9.59 Å². The van der Waals surface area contributed by atoms with Gasteiger partial charge in [0.1, 0.15) is 11.4 Å². The summed E-state index contributed by atoms with van der Waals surface area (Å²) in [5.74, 6) is 0.464. The van der Waals surface area contributed by atoms with E-state index in [0.717, 1.165) is 59.0 Å². The number of amides is 2. The van der Waals surface area contributed by atoms with Gasteiger partial charge in [0.15, 0.2) is 5.54 Å². The van der Waals surface area contributed by atoms with Gasteiger partial charge in [0.05, 0.1) is 19.2 Å². The first-order valence-corrected chi connectivity index (χ1v) is 14.9. The summed E-state index contributed by atoms with van der Waals surface area (Å²) < 4.78 is 7.56. The number of hydrogen-bond donors (Lipinski definition) is 1. The Hall–Kier alpha value is -4.06. The first-order valence-electron chi connectivity index (χ1n) is 14.9. The maximum Gasteiger partial charge on any atom is 0.272 e. The van der Waals surface area contributed by atoms with Gasteiger partial charge in [0.2, 0.25) is 0 Å². The number of fused-ring (bicyclic) bond motifs is 3. The largest absolute Gasteiger partial charge is 0.497 e. The molecule has 2 amide bonds. The molecule has 0 spiro atoms. The van der Waals surface area contributed by atoms with Gasteiger partial charge in [-0.1, -0.05) is 92.3 Å². The van der Waals surface area contributed by atoms with Crippen LogP contribution in [0.25, 0.3) is 10.9 Å². The fourth-order valence-electron chi connectivity index (χ4n) is 6.61. The molecule has 1 N–H and O–H groups in total. The lowest BCUT2D eigenvalue weighted by atomic mass is 9.83. The molecule has 1 aliphatic carbocycles. The van der Waals surface area contributed by atoms with Gasteiger partial charge in [0, 0.05) is 24.0 Å². The summed E-state index contributed by atoms with van der Waals surface area (Å²) in [7, 11) is 1.65. The van der Waals surface area contributed by atoms with Crippen molar-refractivity contribution in [1.82, 2.24) is 14.8 Å². The molecule has 6 nitrogen and oxygen atoms in total. The second-order valence-electron chi connectivity index (χ2n) is 11.7. The summed E-state index contributed by atoms with van der Waals surface area (Å²) in [5, 5.41) is 4.42. The second-order valence-corrected chi connectivity index (χ2v) is 11.7. The minimum Gasteiger partial charge on any atom is -0.497 e. The van der Waals surface area contributed by atoms with Crippen molar-refractivity contribution in [3.8, 4) is 5.75 Å². The van der Waals surface area contributed by atoms with Crippen LogP contribution < -0.4 is 10.1 Å². The molecule has 6 heteroatoms. The van der Waals surface area contributed by atoms with Crippen LogP contribution in [0.3, 0.4) is 0 Å². The van der Waals surface area contributed by atoms with Crippen molar-refractivity contribution in [2.24, 2.45) is 0 Å². The summed E-state index contributed by atoms with van der Waals surface area (Å²) in [5.41, 5.74) is 3.22. The Kier molecular flexibility index (Phi) is 7.57. The summed E-state index contributed by atoms with van der Waals surface area (Å²) in [4.78, 5) is 31.2. The van der Waals surface area contributed by atoms with Gasteiger partial charge in [-0.2, -0.15) is 0 Å². The number of rotatable bonds is 6. The number of aryl methyl sites for hydroxylation is 1. The molecule has 0 saturated heterocycles. The lowest BCUT2D eigenvalue weighted by Gasteiger charge is -2.47. The summed E-state index contributed by atoms with van der Waals surface area (Å²) in [6, 6.07) is 26.0. The fraction of sp³-hybridized carbons (Fsp3) is 0.371. The molecular weight excluding hydrogens is 510 g/mol. The van der Waals surface area contributed by atoms with Crippen molar-refractivity contribution in [3.05, 3.63) is 101 Å². The van der Waals surface area contributed by atoms with E-state index in [4.69, 9.17) is 4.74 Å². The molecule has 1 atom stereocenters. The summed E-state index contributed by atoms with van der Waals surface area (Å²) in [6.07, 6.45) is 7.84. The van der Waals surface area contributed by atoms with E-state index in [1.807, 2.05) is 64.1 Å². The Morgan fingerprint density at radius 1 is 0.927 bits per heavy atom. The predicted molar refractivity (Wildman–Crippen MR) is 162 cm³/mol. The number of benzene rings is 3. The highest BCUT2D eigenvalue weighted by atomic mass is 16.5. The van der Waals surface area contributed by atoms with E-state index in [0.29, 0.717) is 18.8 Å². The number of aromatic nitrogens is 1. The highest BCUT2D eigenvalue weighted by Gasteiger charge is 2.52. The zero-order valence-corrected chi connectivity index (χ0v) is 24.1. The van der Waals surface area contributed by atoms with Crippen molar-refractivity contribution in [2.45, 2.75) is 76.5 Å². The second kappa shape index (κ2) is 11.4. The minimum atomic E-state index is -1.23. The zero-order chi connectivity index (χ0) is 28.4.